The van der Waals surface area contributed by atoms with Crippen molar-refractivity contribution in [3.8, 4) is 23.3 Å². The van der Waals surface area contributed by atoms with Crippen LogP contribution in [0.2, 0.25) is 0 Å². The van der Waals surface area contributed by atoms with Crippen LogP contribution < -0.4 is 34.3 Å². The highest BCUT2D eigenvalue weighted by atomic mass is 32.2. The maximum Gasteiger partial charge on any atom is 0.417 e. The number of carbonyl (C=O) groups is 5. The number of sulfonamides is 1. The molecule has 2 aromatic heterocycles. The summed E-state index contributed by atoms with van der Waals surface area (Å²) in [6.07, 6.45) is -3.89. The van der Waals surface area contributed by atoms with E-state index < -0.39 is 80.5 Å². The van der Waals surface area contributed by atoms with Gasteiger partial charge in [0.25, 0.3) is 33.7 Å². The SMILES string of the molecule is COc1cnc(OC)n2nc(NS(=O)(=O)c3c(OCCOCCOCCOCCNC(=O)COc4cccc5c4C(=O)N(C4CCC(=O)NC4=O)C5=O)cccc3C(F)(F)F)nc12. The average molecular weight is 909 g/mol. The summed E-state index contributed by atoms with van der Waals surface area (Å²) in [5.74, 6) is -4.42. The molecule has 5 amide bonds. The summed E-state index contributed by atoms with van der Waals surface area (Å²) in [6.45, 7) is -0.308. The number of benzene rings is 2. The third-order valence-corrected chi connectivity index (χ3v) is 10.5. The zero-order chi connectivity index (χ0) is 45.3. The number of fused-ring (bicyclic) bond motifs is 2. The second-order valence-electron chi connectivity index (χ2n) is 13.2. The number of rotatable bonds is 22. The Morgan fingerprint density at radius 3 is 2.24 bits per heavy atom. The summed E-state index contributed by atoms with van der Waals surface area (Å²) >= 11 is 0. The summed E-state index contributed by atoms with van der Waals surface area (Å²) in [4.78, 5) is 69.9. The van der Waals surface area contributed by atoms with E-state index in [-0.39, 0.29) is 99.9 Å². The van der Waals surface area contributed by atoms with Crippen LogP contribution in [0.15, 0.2) is 47.5 Å². The molecule has 22 nitrogen and oxygen atoms in total. The van der Waals surface area contributed by atoms with Gasteiger partial charge >= 0.3 is 12.2 Å². The number of carbonyl (C=O) groups excluding carboxylic acids is 5. The smallest absolute Gasteiger partial charge is 0.417 e. The Morgan fingerprint density at radius 1 is 0.873 bits per heavy atom. The number of ether oxygens (including phenoxy) is 7. The number of amides is 5. The Kier molecular flexibility index (Phi) is 14.6. The molecule has 2 aliphatic heterocycles. The van der Waals surface area contributed by atoms with Crippen molar-refractivity contribution in [3.05, 3.63) is 59.3 Å². The molecular formula is C37H39F3N8O14S. The second kappa shape index (κ2) is 20.0. The Hall–Kier alpha value is -6.64. The number of halogens is 3. The minimum atomic E-state index is -5.09. The van der Waals surface area contributed by atoms with Gasteiger partial charge in [0.15, 0.2) is 12.4 Å². The maximum absolute atomic E-state index is 14.0. The zero-order valence-corrected chi connectivity index (χ0v) is 34.2. The van der Waals surface area contributed by atoms with Crippen molar-refractivity contribution < 1.29 is 78.7 Å². The molecule has 0 aliphatic carbocycles. The highest BCUT2D eigenvalue weighted by Crippen LogP contribution is 2.40. The Morgan fingerprint density at radius 2 is 1.56 bits per heavy atom. The first-order valence-electron chi connectivity index (χ1n) is 18.8. The van der Waals surface area contributed by atoms with Gasteiger partial charge in [-0.25, -0.2) is 13.1 Å². The minimum Gasteiger partial charge on any atom is -0.491 e. The van der Waals surface area contributed by atoms with Gasteiger partial charge in [0.05, 0.1) is 76.7 Å². The van der Waals surface area contributed by atoms with Gasteiger partial charge in [-0.3, -0.25) is 34.2 Å². The molecule has 63 heavy (non-hydrogen) atoms. The second-order valence-corrected chi connectivity index (χ2v) is 14.8. The fourth-order valence-electron chi connectivity index (χ4n) is 6.27. The lowest BCUT2D eigenvalue weighted by molar-refractivity contribution is -0.140. The van der Waals surface area contributed by atoms with Crippen molar-refractivity contribution in [1.82, 2.24) is 35.1 Å². The van der Waals surface area contributed by atoms with E-state index in [0.717, 1.165) is 21.5 Å². The maximum atomic E-state index is 14.0. The molecular weight excluding hydrogens is 870 g/mol. The van der Waals surface area contributed by atoms with Crippen LogP contribution in [0.25, 0.3) is 5.65 Å². The predicted octanol–water partition coefficient (Wildman–Crippen LogP) is 0.986. The summed E-state index contributed by atoms with van der Waals surface area (Å²) < 4.78 is 109. The molecule has 6 rings (SSSR count). The molecule has 1 fully saturated rings. The van der Waals surface area contributed by atoms with Gasteiger partial charge in [0, 0.05) is 13.0 Å². The number of imide groups is 2. The highest BCUT2D eigenvalue weighted by Gasteiger charge is 2.46. The van der Waals surface area contributed by atoms with E-state index in [2.05, 4.69) is 25.7 Å². The topological polar surface area (TPSA) is 267 Å². The molecule has 1 unspecified atom stereocenters. The van der Waals surface area contributed by atoms with Crippen molar-refractivity contribution in [1.29, 1.82) is 0 Å². The number of anilines is 1. The number of hydrogen-bond donors (Lipinski definition) is 3. The van der Waals surface area contributed by atoms with E-state index in [1.807, 2.05) is 4.72 Å². The number of alkyl halides is 3. The standard InChI is InChI=1S/C37H39F3N8O14S/c1-56-26-19-42-36(57-2)48-31(26)44-35(45-48)46-63(54,55)30-22(37(38,39)40)6-4-8-25(30)61-18-17-60-16-15-59-14-13-58-12-11-41-28(50)20-62-24-7-3-5-21-29(24)34(53)47(33(21)52)23-9-10-27(49)43-32(23)51/h3-8,19,23H,9-18,20H2,1-2H3,(H,41,50)(H,45,46)(H,43,49,51). The van der Waals surface area contributed by atoms with Crippen LogP contribution in [-0.2, 0) is 44.8 Å². The van der Waals surface area contributed by atoms with Gasteiger partial charge in [0.2, 0.25) is 17.5 Å². The van der Waals surface area contributed by atoms with E-state index in [9.17, 15) is 45.6 Å². The fraction of sp³-hybridized carbons (Fsp3) is 0.405. The summed E-state index contributed by atoms with van der Waals surface area (Å²) in [7, 11) is -2.44. The lowest BCUT2D eigenvalue weighted by Crippen LogP contribution is -2.54. The van der Waals surface area contributed by atoms with Crippen LogP contribution in [0.1, 0.15) is 39.1 Å². The summed E-state index contributed by atoms with van der Waals surface area (Å²) in [6, 6.07) is 5.67. The van der Waals surface area contributed by atoms with Gasteiger partial charge in [0.1, 0.15) is 29.0 Å². The highest BCUT2D eigenvalue weighted by molar-refractivity contribution is 7.92. The molecule has 338 valence electrons. The first-order valence-corrected chi connectivity index (χ1v) is 20.3. The molecule has 1 atom stereocenters. The van der Waals surface area contributed by atoms with Gasteiger partial charge in [-0.2, -0.15) is 27.7 Å². The number of hydrogen-bond acceptors (Lipinski definition) is 17. The number of methoxy groups -OCH3 is 2. The van der Waals surface area contributed by atoms with E-state index in [1.54, 1.807) is 0 Å². The molecule has 0 saturated carbocycles. The third-order valence-electron chi connectivity index (χ3n) is 9.07. The molecule has 3 N–H and O–H groups in total. The first-order chi connectivity index (χ1) is 30.1. The lowest BCUT2D eigenvalue weighted by atomic mass is 10.0. The lowest BCUT2D eigenvalue weighted by Gasteiger charge is -2.27. The summed E-state index contributed by atoms with van der Waals surface area (Å²) in [5, 5.41) is 8.65. The molecule has 1 saturated heterocycles. The van der Waals surface area contributed by atoms with Crippen LogP contribution >= 0.6 is 0 Å². The van der Waals surface area contributed by atoms with Gasteiger partial charge in [-0.05, 0) is 30.7 Å². The molecule has 0 spiro atoms. The molecule has 4 heterocycles. The van der Waals surface area contributed by atoms with Crippen molar-refractivity contribution in [2.45, 2.75) is 30.0 Å². The van der Waals surface area contributed by atoms with Crippen LogP contribution in [-0.4, -0.2) is 142 Å². The van der Waals surface area contributed by atoms with Gasteiger partial charge in [-0.1, -0.05) is 12.1 Å². The van der Waals surface area contributed by atoms with E-state index in [4.69, 9.17) is 33.2 Å². The molecule has 4 aromatic rings. The molecule has 0 bridgehead atoms. The van der Waals surface area contributed by atoms with Crippen molar-refractivity contribution in [2.75, 3.05) is 78.3 Å². The van der Waals surface area contributed by atoms with Crippen LogP contribution in [0.4, 0.5) is 19.1 Å². The Bertz CT molecular complexity index is 2450. The van der Waals surface area contributed by atoms with Crippen molar-refractivity contribution in [2.24, 2.45) is 0 Å². The van der Waals surface area contributed by atoms with E-state index in [1.165, 1.54) is 38.6 Å². The normalized spacial score (nSPS) is 15.3. The van der Waals surface area contributed by atoms with Crippen LogP contribution in [0, 0.1) is 0 Å². The zero-order valence-electron chi connectivity index (χ0n) is 33.4. The number of nitrogens with zero attached hydrogens (tertiary/aromatic N) is 5. The van der Waals surface area contributed by atoms with E-state index >= 15 is 0 Å². The Labute approximate surface area is 355 Å². The summed E-state index contributed by atoms with van der Waals surface area (Å²) in [5.41, 5.74) is -1.60. The van der Waals surface area contributed by atoms with Crippen LogP contribution in [0.5, 0.6) is 23.3 Å². The fourth-order valence-corrected chi connectivity index (χ4v) is 7.57. The predicted molar refractivity (Wildman–Crippen MR) is 206 cm³/mol. The van der Waals surface area contributed by atoms with Gasteiger partial charge < -0.3 is 38.5 Å². The van der Waals surface area contributed by atoms with Gasteiger partial charge in [-0.15, -0.1) is 5.10 Å². The first kappa shape index (κ1) is 45.9. The molecule has 0 radical (unpaired) electrons. The molecule has 2 aliphatic rings. The average Bonchev–Trinajstić information content (AvgIpc) is 3.78. The quantitative estimate of drug-likeness (QED) is 0.0733. The van der Waals surface area contributed by atoms with Crippen molar-refractivity contribution >= 4 is 51.2 Å². The third kappa shape index (κ3) is 10.7. The molecule has 26 heteroatoms. The monoisotopic (exact) mass is 908 g/mol. The minimum absolute atomic E-state index is 0.00787. The number of aromatic nitrogens is 4. The van der Waals surface area contributed by atoms with Crippen molar-refractivity contribution in [3.63, 3.8) is 0 Å². The largest absolute Gasteiger partial charge is 0.491 e. The number of piperidine rings is 1. The molecule has 2 aromatic carbocycles. The number of nitrogens with one attached hydrogen (secondary N) is 3. The van der Waals surface area contributed by atoms with E-state index in [0.29, 0.717) is 6.07 Å². The Balaban J connectivity index is 0.871. The van der Waals surface area contributed by atoms with Crippen LogP contribution in [0.3, 0.4) is 0 Å².